The highest BCUT2D eigenvalue weighted by molar-refractivity contribution is 9.10. The van der Waals surface area contributed by atoms with Crippen molar-refractivity contribution in [3.05, 3.63) is 123 Å². The van der Waals surface area contributed by atoms with Gasteiger partial charge in [-0.3, -0.25) is 0 Å². The molecule has 4 aromatic rings. The van der Waals surface area contributed by atoms with Crippen LogP contribution in [0.15, 0.2) is 89.4 Å². The van der Waals surface area contributed by atoms with Crippen molar-refractivity contribution < 1.29 is 33.7 Å². The number of halogens is 1. The third kappa shape index (κ3) is 7.76. The van der Waals surface area contributed by atoms with Gasteiger partial charge in [0.15, 0.2) is 0 Å². The molecule has 4 aromatic carbocycles. The van der Waals surface area contributed by atoms with Crippen molar-refractivity contribution in [1.29, 1.82) is 0 Å². The summed E-state index contributed by atoms with van der Waals surface area (Å²) in [5.41, 5.74) is 2.27. The van der Waals surface area contributed by atoms with Crippen molar-refractivity contribution in [3.8, 4) is 17.2 Å². The third-order valence-electron chi connectivity index (χ3n) is 6.21. The minimum Gasteiger partial charge on any atom is -0.488 e. The Morgan fingerprint density at radius 1 is 0.738 bits per heavy atom. The topological polar surface area (TPSA) is 99.1 Å². The number of hydrogen-bond acceptors (Lipinski definition) is 8. The van der Waals surface area contributed by atoms with Crippen molar-refractivity contribution in [3.63, 3.8) is 0 Å². The van der Waals surface area contributed by atoms with E-state index in [-0.39, 0.29) is 34.8 Å². The number of hydrogen-bond donors (Lipinski definition) is 3. The van der Waals surface area contributed by atoms with E-state index in [2.05, 4.69) is 41.2 Å². The number of aromatic carboxylic acids is 1. The van der Waals surface area contributed by atoms with E-state index in [1.165, 1.54) is 6.07 Å². The Labute approximate surface area is 262 Å². The van der Waals surface area contributed by atoms with E-state index < -0.39 is 17.9 Å². The first kappa shape index (κ1) is 31.2. The predicted octanol–water partition coefficient (Wildman–Crippen LogP) is 7.46. The molecule has 42 heavy (non-hydrogen) atoms. The maximum Gasteiger partial charge on any atom is 0.350 e. The Morgan fingerprint density at radius 2 is 1.33 bits per heavy atom. The summed E-state index contributed by atoms with van der Waals surface area (Å²) >= 11 is 11.9. The van der Waals surface area contributed by atoms with Crippen LogP contribution in [0.2, 0.25) is 0 Å². The average molecular weight is 668 g/mol. The van der Waals surface area contributed by atoms with Crippen LogP contribution in [0.3, 0.4) is 0 Å². The van der Waals surface area contributed by atoms with Crippen molar-refractivity contribution in [2.24, 2.45) is 0 Å². The molecule has 0 aromatic heterocycles. The molecule has 216 valence electrons. The summed E-state index contributed by atoms with van der Waals surface area (Å²) in [6.07, 6.45) is 0.880. The summed E-state index contributed by atoms with van der Waals surface area (Å²) in [6, 6.07) is 24.0. The molecule has 0 radical (unpaired) electrons. The number of aryl methyl sites for hydroxylation is 2. The molecule has 0 saturated carbocycles. The van der Waals surface area contributed by atoms with Gasteiger partial charge < -0.3 is 19.3 Å². The van der Waals surface area contributed by atoms with Gasteiger partial charge in [-0.2, -0.15) is 25.3 Å². The van der Waals surface area contributed by atoms with Crippen LogP contribution in [0.25, 0.3) is 0 Å². The number of thiol groups is 2. The number of ether oxygens (including phenoxy) is 3. The molecule has 1 N–H and O–H groups in total. The SMILES string of the molecule is O=C(O)c1ccc(COc2cccc(CCS)c2C(=O)OC(=O)c2c(CCS)cccc2Oc2ccccc2)cc1Br. The summed E-state index contributed by atoms with van der Waals surface area (Å²) in [4.78, 5) is 38.5. The standard InChI is InChI=1S/C32H27BrO7S2/c33-25-18-20(12-13-24(25)30(34)35)19-38-26-10-4-6-21(14-16-41)28(26)31(36)40-32(37)29-22(15-17-42)7-5-11-27(29)39-23-8-2-1-3-9-23/h1-13,18,41-42H,14-17,19H2,(H,34,35). The molecule has 0 saturated heterocycles. The second-order valence-corrected chi connectivity index (χ2v) is 10.8. The second-order valence-electron chi connectivity index (χ2n) is 9.03. The molecule has 0 unspecified atom stereocenters. The normalized spacial score (nSPS) is 10.6. The Morgan fingerprint density at radius 3 is 1.90 bits per heavy atom. The zero-order chi connectivity index (χ0) is 30.1. The molecule has 0 aliphatic rings. The van der Waals surface area contributed by atoms with Gasteiger partial charge in [-0.25, -0.2) is 14.4 Å². The second kappa shape index (κ2) is 14.9. The zero-order valence-electron chi connectivity index (χ0n) is 22.3. The maximum absolute atomic E-state index is 13.6. The molecule has 7 nitrogen and oxygen atoms in total. The van der Waals surface area contributed by atoms with E-state index in [0.29, 0.717) is 51.3 Å². The Hall–Kier alpha value is -3.73. The number of benzene rings is 4. The number of carboxylic acids is 1. The van der Waals surface area contributed by atoms with Gasteiger partial charge in [0.25, 0.3) is 0 Å². The van der Waals surface area contributed by atoms with Crippen molar-refractivity contribution in [2.45, 2.75) is 19.4 Å². The van der Waals surface area contributed by atoms with Gasteiger partial charge >= 0.3 is 17.9 Å². The smallest absolute Gasteiger partial charge is 0.350 e. The molecule has 4 rings (SSSR count). The minimum absolute atomic E-state index is 0.0386. The lowest BCUT2D eigenvalue weighted by Crippen LogP contribution is -2.18. The summed E-state index contributed by atoms with van der Waals surface area (Å²) in [6.45, 7) is 0.0386. The van der Waals surface area contributed by atoms with Crippen LogP contribution in [-0.4, -0.2) is 34.5 Å². The van der Waals surface area contributed by atoms with Gasteiger partial charge in [-0.1, -0.05) is 48.5 Å². The minimum atomic E-state index is -1.06. The Balaban J connectivity index is 1.63. The molecule has 0 fully saturated rings. The highest BCUT2D eigenvalue weighted by Crippen LogP contribution is 2.31. The average Bonchev–Trinajstić information content (AvgIpc) is 2.97. The van der Waals surface area contributed by atoms with Gasteiger partial charge in [0.05, 0.1) is 5.56 Å². The number of rotatable bonds is 12. The van der Waals surface area contributed by atoms with Crippen LogP contribution in [0.4, 0.5) is 0 Å². The van der Waals surface area contributed by atoms with Gasteiger partial charge in [0.1, 0.15) is 35.0 Å². The summed E-state index contributed by atoms with van der Waals surface area (Å²) in [7, 11) is 0. The molecule has 10 heteroatoms. The fourth-order valence-electron chi connectivity index (χ4n) is 4.26. The zero-order valence-corrected chi connectivity index (χ0v) is 25.7. The first-order valence-electron chi connectivity index (χ1n) is 12.9. The van der Waals surface area contributed by atoms with E-state index in [0.717, 1.165) is 0 Å². The first-order valence-corrected chi connectivity index (χ1v) is 15.0. The maximum atomic E-state index is 13.6. The fourth-order valence-corrected chi connectivity index (χ4v) is 5.34. The molecule has 0 bridgehead atoms. The van der Waals surface area contributed by atoms with Crippen molar-refractivity contribution in [2.75, 3.05) is 11.5 Å². The summed E-state index contributed by atoms with van der Waals surface area (Å²) in [5, 5.41) is 9.28. The molecule has 0 atom stereocenters. The monoisotopic (exact) mass is 666 g/mol. The molecule has 0 spiro atoms. The summed E-state index contributed by atoms with van der Waals surface area (Å²) < 4.78 is 17.9. The van der Waals surface area contributed by atoms with E-state index in [1.807, 2.05) is 18.2 Å². The van der Waals surface area contributed by atoms with Gasteiger partial charge in [-0.05, 0) is 93.4 Å². The lowest BCUT2D eigenvalue weighted by molar-refractivity contribution is 0.0391. The molecule has 0 heterocycles. The van der Waals surface area contributed by atoms with Crippen molar-refractivity contribution in [1.82, 2.24) is 0 Å². The Kier molecular flexibility index (Phi) is 11.1. The number of carbonyl (C=O) groups is 3. The van der Waals surface area contributed by atoms with Crippen LogP contribution in [-0.2, 0) is 24.2 Å². The largest absolute Gasteiger partial charge is 0.488 e. The van der Waals surface area contributed by atoms with Crippen LogP contribution >= 0.6 is 41.2 Å². The van der Waals surface area contributed by atoms with Crippen LogP contribution in [0.1, 0.15) is 47.8 Å². The molecular formula is C32H27BrO7S2. The first-order chi connectivity index (χ1) is 20.3. The lowest BCUT2D eigenvalue weighted by Gasteiger charge is -2.17. The summed E-state index contributed by atoms with van der Waals surface area (Å²) in [5.74, 6) is -0.875. The lowest BCUT2D eigenvalue weighted by atomic mass is 10.0. The number of carbonyl (C=O) groups excluding carboxylic acids is 2. The van der Waals surface area contributed by atoms with Gasteiger partial charge in [-0.15, -0.1) is 0 Å². The molecule has 0 aliphatic heterocycles. The number of carboxylic acid groups (broad SMARTS) is 1. The molecular weight excluding hydrogens is 640 g/mol. The van der Waals surface area contributed by atoms with Crippen molar-refractivity contribution >= 4 is 59.1 Å². The van der Waals surface area contributed by atoms with Crippen LogP contribution in [0, 0.1) is 0 Å². The van der Waals surface area contributed by atoms with E-state index in [1.54, 1.807) is 60.7 Å². The van der Waals surface area contributed by atoms with E-state index in [4.69, 9.17) is 14.2 Å². The van der Waals surface area contributed by atoms with Crippen LogP contribution < -0.4 is 9.47 Å². The van der Waals surface area contributed by atoms with Gasteiger partial charge in [0, 0.05) is 4.47 Å². The predicted molar refractivity (Wildman–Crippen MR) is 170 cm³/mol. The highest BCUT2D eigenvalue weighted by Gasteiger charge is 2.26. The van der Waals surface area contributed by atoms with Gasteiger partial charge in [0.2, 0.25) is 0 Å². The molecule has 0 amide bonds. The highest BCUT2D eigenvalue weighted by atomic mass is 79.9. The third-order valence-corrected chi connectivity index (χ3v) is 7.31. The number of para-hydroxylation sites is 1. The van der Waals surface area contributed by atoms with E-state index in [9.17, 15) is 19.5 Å². The fraction of sp³-hybridized carbons (Fsp3) is 0.156. The quantitative estimate of drug-likeness (QED) is 0.0820. The Bertz CT molecular complexity index is 1590. The molecule has 0 aliphatic carbocycles. The van der Waals surface area contributed by atoms with E-state index >= 15 is 0 Å². The van der Waals surface area contributed by atoms with Crippen LogP contribution in [0.5, 0.6) is 17.2 Å². The number of esters is 2.